The predicted molar refractivity (Wildman–Crippen MR) is 119 cm³/mol. The van der Waals surface area contributed by atoms with Gasteiger partial charge < -0.3 is 19.2 Å². The summed E-state index contributed by atoms with van der Waals surface area (Å²) in [6.07, 6.45) is 1.78. The molecule has 33 heavy (non-hydrogen) atoms. The summed E-state index contributed by atoms with van der Waals surface area (Å²) in [4.78, 5) is 27.6. The number of ketones is 1. The van der Waals surface area contributed by atoms with Crippen molar-refractivity contribution in [3.05, 3.63) is 101 Å². The number of rotatable bonds is 8. The Morgan fingerprint density at radius 1 is 1.12 bits per heavy atom. The Morgan fingerprint density at radius 2 is 1.82 bits per heavy atom. The zero-order chi connectivity index (χ0) is 23.5. The number of nitrogens with zero attached hydrogens (tertiary/aromatic N) is 1. The van der Waals surface area contributed by atoms with E-state index in [1.54, 1.807) is 42.5 Å². The van der Waals surface area contributed by atoms with Crippen LogP contribution in [0, 0.1) is 5.82 Å². The standard InChI is InChI=1S/C26H24FNO5/c1-16(2)33-20-11-7-18(8-12-20)23-22(24(29)21-4-3-15-32-21)25(30)26(31)28(23)14-13-17-5-9-19(27)10-6-17/h3-12,15-16,23,30H,13-14H2,1-2H3. The van der Waals surface area contributed by atoms with Crippen molar-refractivity contribution in [2.45, 2.75) is 32.4 Å². The van der Waals surface area contributed by atoms with Gasteiger partial charge in [0.25, 0.3) is 5.91 Å². The van der Waals surface area contributed by atoms with Crippen LogP contribution in [0.2, 0.25) is 0 Å². The zero-order valence-corrected chi connectivity index (χ0v) is 18.3. The van der Waals surface area contributed by atoms with Crippen molar-refractivity contribution >= 4 is 11.7 Å². The predicted octanol–water partition coefficient (Wildman–Crippen LogP) is 5.03. The summed E-state index contributed by atoms with van der Waals surface area (Å²) in [6, 6.07) is 15.3. The van der Waals surface area contributed by atoms with E-state index in [1.165, 1.54) is 29.4 Å². The average molecular weight is 449 g/mol. The molecule has 0 bridgehead atoms. The number of aliphatic hydroxyl groups is 1. The van der Waals surface area contributed by atoms with Crippen molar-refractivity contribution in [2.24, 2.45) is 0 Å². The van der Waals surface area contributed by atoms with Gasteiger partial charge in [0.2, 0.25) is 5.78 Å². The Labute approximate surface area is 190 Å². The van der Waals surface area contributed by atoms with E-state index in [0.717, 1.165) is 5.56 Å². The van der Waals surface area contributed by atoms with Gasteiger partial charge in [-0.2, -0.15) is 0 Å². The van der Waals surface area contributed by atoms with Crippen molar-refractivity contribution in [2.75, 3.05) is 6.54 Å². The van der Waals surface area contributed by atoms with Gasteiger partial charge in [0.05, 0.1) is 24.0 Å². The lowest BCUT2D eigenvalue weighted by atomic mass is 9.95. The van der Waals surface area contributed by atoms with E-state index in [-0.39, 0.29) is 29.8 Å². The van der Waals surface area contributed by atoms with Crippen LogP contribution in [-0.4, -0.2) is 34.3 Å². The topological polar surface area (TPSA) is 80.0 Å². The molecule has 1 atom stereocenters. The third kappa shape index (κ3) is 4.67. The highest BCUT2D eigenvalue weighted by atomic mass is 19.1. The van der Waals surface area contributed by atoms with E-state index < -0.39 is 23.5 Å². The van der Waals surface area contributed by atoms with Crippen LogP contribution in [-0.2, 0) is 11.2 Å². The van der Waals surface area contributed by atoms with Gasteiger partial charge in [-0.3, -0.25) is 9.59 Å². The molecular formula is C26H24FNO5. The van der Waals surface area contributed by atoms with E-state index in [0.29, 0.717) is 17.7 Å². The Kier molecular flexibility index (Phi) is 6.31. The molecule has 1 N–H and O–H groups in total. The number of halogens is 1. The number of amides is 1. The molecule has 7 heteroatoms. The van der Waals surface area contributed by atoms with E-state index in [2.05, 4.69) is 0 Å². The summed E-state index contributed by atoms with van der Waals surface area (Å²) in [5, 5.41) is 10.7. The molecule has 1 aliphatic heterocycles. The third-order valence-corrected chi connectivity index (χ3v) is 5.42. The van der Waals surface area contributed by atoms with Gasteiger partial charge in [0, 0.05) is 6.54 Å². The summed E-state index contributed by atoms with van der Waals surface area (Å²) in [5.74, 6) is -1.44. The average Bonchev–Trinajstić information content (AvgIpc) is 3.41. The third-order valence-electron chi connectivity index (χ3n) is 5.42. The number of hydrogen-bond donors (Lipinski definition) is 1. The number of carbonyl (C=O) groups is 2. The van der Waals surface area contributed by atoms with Crippen LogP contribution in [0.15, 0.2) is 82.7 Å². The molecule has 0 spiro atoms. The molecule has 0 fully saturated rings. The van der Waals surface area contributed by atoms with Crippen LogP contribution in [0.5, 0.6) is 5.75 Å². The van der Waals surface area contributed by atoms with E-state index >= 15 is 0 Å². The van der Waals surface area contributed by atoms with Crippen molar-refractivity contribution in [1.29, 1.82) is 0 Å². The highest BCUT2D eigenvalue weighted by Crippen LogP contribution is 2.39. The molecule has 1 aromatic heterocycles. The number of ether oxygens (including phenoxy) is 1. The molecule has 0 aliphatic carbocycles. The number of Topliss-reactive ketones (excluding diaryl/α,β-unsaturated/α-hetero) is 1. The Balaban J connectivity index is 1.68. The summed E-state index contributed by atoms with van der Waals surface area (Å²) in [5.41, 5.74) is 1.44. The second-order valence-electron chi connectivity index (χ2n) is 8.08. The van der Waals surface area contributed by atoms with Crippen molar-refractivity contribution in [1.82, 2.24) is 4.90 Å². The molecule has 4 rings (SSSR count). The van der Waals surface area contributed by atoms with Crippen LogP contribution >= 0.6 is 0 Å². The monoisotopic (exact) mass is 449 g/mol. The Morgan fingerprint density at radius 3 is 2.42 bits per heavy atom. The molecule has 6 nitrogen and oxygen atoms in total. The number of aliphatic hydroxyl groups excluding tert-OH is 1. The first kappa shape index (κ1) is 22.3. The quantitative estimate of drug-likeness (QED) is 0.488. The second-order valence-corrected chi connectivity index (χ2v) is 8.08. The largest absolute Gasteiger partial charge is 0.503 e. The highest BCUT2D eigenvalue weighted by Gasteiger charge is 2.44. The molecule has 2 aromatic carbocycles. The van der Waals surface area contributed by atoms with E-state index in [1.807, 2.05) is 13.8 Å². The van der Waals surface area contributed by atoms with Gasteiger partial charge in [-0.15, -0.1) is 0 Å². The summed E-state index contributed by atoms with van der Waals surface area (Å²) >= 11 is 0. The first-order chi connectivity index (χ1) is 15.8. The molecule has 1 unspecified atom stereocenters. The first-order valence-corrected chi connectivity index (χ1v) is 10.7. The molecule has 0 saturated carbocycles. The lowest BCUT2D eigenvalue weighted by Gasteiger charge is -2.27. The minimum Gasteiger partial charge on any atom is -0.503 e. The number of hydrogen-bond acceptors (Lipinski definition) is 5. The van der Waals surface area contributed by atoms with Gasteiger partial charge in [0.1, 0.15) is 11.6 Å². The van der Waals surface area contributed by atoms with E-state index in [9.17, 15) is 19.1 Å². The van der Waals surface area contributed by atoms with Gasteiger partial charge in [-0.05, 0) is 67.8 Å². The van der Waals surface area contributed by atoms with Crippen LogP contribution in [0.4, 0.5) is 4.39 Å². The van der Waals surface area contributed by atoms with Crippen LogP contribution < -0.4 is 4.74 Å². The molecule has 170 valence electrons. The number of benzene rings is 2. The summed E-state index contributed by atoms with van der Waals surface area (Å²) in [7, 11) is 0. The van der Waals surface area contributed by atoms with Crippen molar-refractivity contribution in [3.63, 3.8) is 0 Å². The first-order valence-electron chi connectivity index (χ1n) is 10.7. The molecular weight excluding hydrogens is 425 g/mol. The zero-order valence-electron chi connectivity index (χ0n) is 18.3. The fourth-order valence-electron chi connectivity index (χ4n) is 3.90. The SMILES string of the molecule is CC(C)Oc1ccc(C2C(C(=O)c3ccco3)=C(O)C(=O)N2CCc2ccc(F)cc2)cc1. The van der Waals surface area contributed by atoms with Gasteiger partial charge >= 0.3 is 0 Å². The maximum atomic E-state index is 13.3. The van der Waals surface area contributed by atoms with Crippen LogP contribution in [0.1, 0.15) is 41.6 Å². The smallest absolute Gasteiger partial charge is 0.290 e. The summed E-state index contributed by atoms with van der Waals surface area (Å²) < 4.78 is 24.2. The van der Waals surface area contributed by atoms with Gasteiger partial charge in [0.15, 0.2) is 11.5 Å². The van der Waals surface area contributed by atoms with Crippen molar-refractivity contribution < 1.29 is 28.2 Å². The van der Waals surface area contributed by atoms with Crippen LogP contribution in [0.3, 0.4) is 0 Å². The maximum absolute atomic E-state index is 13.3. The Hall–Kier alpha value is -3.87. The lowest BCUT2D eigenvalue weighted by Crippen LogP contribution is -2.33. The van der Waals surface area contributed by atoms with Crippen molar-refractivity contribution in [3.8, 4) is 5.75 Å². The minimum absolute atomic E-state index is 0.00357. The van der Waals surface area contributed by atoms with E-state index in [4.69, 9.17) is 9.15 Å². The summed E-state index contributed by atoms with van der Waals surface area (Å²) in [6.45, 7) is 4.06. The van der Waals surface area contributed by atoms with Gasteiger partial charge in [-0.25, -0.2) is 4.39 Å². The highest BCUT2D eigenvalue weighted by molar-refractivity contribution is 6.15. The van der Waals surface area contributed by atoms with Gasteiger partial charge in [-0.1, -0.05) is 24.3 Å². The number of furan rings is 1. The second kappa shape index (κ2) is 9.32. The molecule has 0 saturated heterocycles. The van der Waals surface area contributed by atoms with Crippen LogP contribution in [0.25, 0.3) is 0 Å². The molecule has 3 aromatic rings. The molecule has 2 heterocycles. The fourth-order valence-corrected chi connectivity index (χ4v) is 3.90. The number of carbonyl (C=O) groups excluding carboxylic acids is 2. The normalized spacial score (nSPS) is 16.1. The fraction of sp³-hybridized carbons (Fsp3) is 0.231. The molecule has 1 aliphatic rings. The molecule has 1 amide bonds. The Bertz CT molecular complexity index is 1160. The minimum atomic E-state index is -0.802. The molecule has 0 radical (unpaired) electrons. The maximum Gasteiger partial charge on any atom is 0.290 e. The lowest BCUT2D eigenvalue weighted by molar-refractivity contribution is -0.129.